The Kier molecular flexibility index (Phi) is 5.88. The second-order valence-electron chi connectivity index (χ2n) is 7.21. The Labute approximate surface area is 124 Å². The van der Waals surface area contributed by atoms with Crippen LogP contribution in [0.2, 0.25) is 0 Å². The van der Waals surface area contributed by atoms with Gasteiger partial charge in [0.1, 0.15) is 0 Å². The maximum absolute atomic E-state index is 12.5. The van der Waals surface area contributed by atoms with Gasteiger partial charge in [-0.3, -0.25) is 4.79 Å². The van der Waals surface area contributed by atoms with E-state index in [9.17, 15) is 4.79 Å². The van der Waals surface area contributed by atoms with E-state index in [-0.39, 0.29) is 11.8 Å². The lowest BCUT2D eigenvalue weighted by atomic mass is 9.78. The quantitative estimate of drug-likeness (QED) is 0.780. The summed E-state index contributed by atoms with van der Waals surface area (Å²) in [6.07, 6.45) is 10.8. The van der Waals surface area contributed by atoms with Gasteiger partial charge in [-0.1, -0.05) is 39.5 Å². The number of carbonyl (C=O) groups is 1. The van der Waals surface area contributed by atoms with Crippen LogP contribution in [0.25, 0.3) is 0 Å². The van der Waals surface area contributed by atoms with E-state index in [2.05, 4.69) is 19.2 Å². The predicted octanol–water partition coefficient (Wildman–Crippen LogP) is 3.23. The third-order valence-electron chi connectivity index (χ3n) is 5.57. The summed E-state index contributed by atoms with van der Waals surface area (Å²) in [7, 11) is 0. The number of nitrogens with one attached hydrogen (secondary N) is 1. The molecule has 3 nitrogen and oxygen atoms in total. The highest BCUT2D eigenvalue weighted by Gasteiger charge is 2.30. The summed E-state index contributed by atoms with van der Waals surface area (Å²) >= 11 is 0. The molecule has 0 aromatic heterocycles. The average molecular weight is 280 g/mol. The highest BCUT2D eigenvalue weighted by atomic mass is 16.1. The molecule has 0 aromatic rings. The van der Waals surface area contributed by atoms with E-state index in [1.807, 2.05) is 0 Å². The van der Waals surface area contributed by atoms with Crippen molar-refractivity contribution in [2.45, 2.75) is 83.7 Å². The number of hydrogen-bond acceptors (Lipinski definition) is 2. The van der Waals surface area contributed by atoms with E-state index in [1.54, 1.807) is 0 Å². The molecule has 3 heteroatoms. The van der Waals surface area contributed by atoms with Gasteiger partial charge in [-0.05, 0) is 43.9 Å². The largest absolute Gasteiger partial charge is 0.353 e. The molecule has 0 bridgehead atoms. The van der Waals surface area contributed by atoms with Crippen molar-refractivity contribution in [2.24, 2.45) is 23.5 Å². The smallest absolute Gasteiger partial charge is 0.223 e. The first-order valence-corrected chi connectivity index (χ1v) is 8.64. The molecular weight excluding hydrogens is 248 g/mol. The summed E-state index contributed by atoms with van der Waals surface area (Å²) in [5, 5.41) is 3.34. The van der Waals surface area contributed by atoms with Crippen molar-refractivity contribution in [2.75, 3.05) is 0 Å². The van der Waals surface area contributed by atoms with Crippen LogP contribution in [0.3, 0.4) is 0 Å². The molecule has 0 aromatic carbocycles. The van der Waals surface area contributed by atoms with Gasteiger partial charge in [0.25, 0.3) is 0 Å². The number of amides is 1. The fraction of sp³-hybridized carbons (Fsp3) is 0.941. The van der Waals surface area contributed by atoms with Crippen molar-refractivity contribution >= 4 is 5.91 Å². The maximum atomic E-state index is 12.5. The molecule has 0 saturated heterocycles. The summed E-state index contributed by atoms with van der Waals surface area (Å²) < 4.78 is 0. The fourth-order valence-electron chi connectivity index (χ4n) is 3.96. The molecule has 2 aliphatic rings. The Morgan fingerprint density at radius 2 is 1.85 bits per heavy atom. The number of rotatable bonds is 3. The van der Waals surface area contributed by atoms with Crippen molar-refractivity contribution < 1.29 is 4.79 Å². The Balaban J connectivity index is 1.86. The van der Waals surface area contributed by atoms with Crippen molar-refractivity contribution in [3.8, 4) is 0 Å². The Morgan fingerprint density at radius 1 is 1.10 bits per heavy atom. The second kappa shape index (κ2) is 7.44. The van der Waals surface area contributed by atoms with Crippen molar-refractivity contribution in [1.82, 2.24) is 5.32 Å². The lowest BCUT2D eigenvalue weighted by Gasteiger charge is -2.32. The van der Waals surface area contributed by atoms with Gasteiger partial charge in [-0.15, -0.1) is 0 Å². The lowest BCUT2D eigenvalue weighted by molar-refractivity contribution is -0.127. The monoisotopic (exact) mass is 280 g/mol. The number of hydrogen-bond donors (Lipinski definition) is 2. The zero-order chi connectivity index (χ0) is 14.5. The summed E-state index contributed by atoms with van der Waals surface area (Å²) in [6, 6.07) is 0.700. The molecule has 0 aliphatic heterocycles. The van der Waals surface area contributed by atoms with Gasteiger partial charge < -0.3 is 11.1 Å². The van der Waals surface area contributed by atoms with Crippen LogP contribution in [0.4, 0.5) is 0 Å². The molecule has 3 N–H and O–H groups in total. The van der Waals surface area contributed by atoms with Gasteiger partial charge in [-0.2, -0.15) is 0 Å². The summed E-state index contributed by atoms with van der Waals surface area (Å²) in [5.41, 5.74) is 6.06. The van der Waals surface area contributed by atoms with Crippen LogP contribution in [0, 0.1) is 17.8 Å². The molecule has 5 atom stereocenters. The SMILES string of the molecule is CC1CCCCCC1NC(=O)C(C)C1CCCC(N)C1. The van der Waals surface area contributed by atoms with E-state index in [0.717, 1.165) is 19.3 Å². The minimum absolute atomic E-state index is 0.122. The minimum atomic E-state index is 0.122. The molecule has 0 spiro atoms. The highest BCUT2D eigenvalue weighted by molar-refractivity contribution is 5.79. The highest BCUT2D eigenvalue weighted by Crippen LogP contribution is 2.30. The standard InChI is InChI=1S/C17H32N2O/c1-12-7-4-3-5-10-16(12)19-17(20)13(2)14-8-6-9-15(18)11-14/h12-16H,3-11,18H2,1-2H3,(H,19,20). The summed E-state index contributed by atoms with van der Waals surface area (Å²) in [6.45, 7) is 4.39. The zero-order valence-electron chi connectivity index (χ0n) is 13.2. The van der Waals surface area contributed by atoms with E-state index >= 15 is 0 Å². The second-order valence-corrected chi connectivity index (χ2v) is 7.21. The molecule has 2 rings (SSSR count). The third kappa shape index (κ3) is 4.21. The zero-order valence-corrected chi connectivity index (χ0v) is 13.2. The predicted molar refractivity (Wildman–Crippen MR) is 83.3 cm³/mol. The summed E-state index contributed by atoms with van der Waals surface area (Å²) in [4.78, 5) is 12.5. The Morgan fingerprint density at radius 3 is 2.60 bits per heavy atom. The van der Waals surface area contributed by atoms with Crippen molar-refractivity contribution in [3.63, 3.8) is 0 Å². The Hall–Kier alpha value is -0.570. The van der Waals surface area contributed by atoms with Crippen LogP contribution in [0.5, 0.6) is 0 Å². The molecular formula is C17H32N2O. The van der Waals surface area contributed by atoms with Crippen molar-refractivity contribution in [1.29, 1.82) is 0 Å². The molecule has 5 unspecified atom stereocenters. The van der Waals surface area contributed by atoms with Gasteiger partial charge in [0.2, 0.25) is 5.91 Å². The normalized spacial score (nSPS) is 37.0. The van der Waals surface area contributed by atoms with Crippen LogP contribution in [-0.2, 0) is 4.79 Å². The molecule has 20 heavy (non-hydrogen) atoms. The number of carbonyl (C=O) groups excluding carboxylic acids is 1. The minimum Gasteiger partial charge on any atom is -0.353 e. The van der Waals surface area contributed by atoms with Crippen LogP contribution >= 0.6 is 0 Å². The molecule has 0 heterocycles. The lowest BCUT2D eigenvalue weighted by Crippen LogP contribution is -2.44. The first kappa shape index (κ1) is 15.8. The summed E-state index contributed by atoms with van der Waals surface area (Å²) in [5.74, 6) is 1.50. The first-order chi connectivity index (χ1) is 9.58. The van der Waals surface area contributed by atoms with Gasteiger partial charge in [0.05, 0.1) is 0 Å². The number of nitrogens with two attached hydrogens (primary N) is 1. The Bertz CT molecular complexity index is 318. The third-order valence-corrected chi connectivity index (χ3v) is 5.57. The van der Waals surface area contributed by atoms with Crippen LogP contribution in [-0.4, -0.2) is 18.0 Å². The van der Waals surface area contributed by atoms with Crippen LogP contribution in [0.1, 0.15) is 71.6 Å². The topological polar surface area (TPSA) is 55.1 Å². The van der Waals surface area contributed by atoms with Gasteiger partial charge in [-0.25, -0.2) is 0 Å². The fourth-order valence-corrected chi connectivity index (χ4v) is 3.96. The van der Waals surface area contributed by atoms with E-state index in [1.165, 1.54) is 38.5 Å². The van der Waals surface area contributed by atoms with E-state index in [4.69, 9.17) is 5.73 Å². The van der Waals surface area contributed by atoms with Gasteiger partial charge >= 0.3 is 0 Å². The molecule has 1 amide bonds. The van der Waals surface area contributed by atoms with E-state index < -0.39 is 0 Å². The van der Waals surface area contributed by atoms with Gasteiger partial charge in [0.15, 0.2) is 0 Å². The first-order valence-electron chi connectivity index (χ1n) is 8.64. The molecule has 2 fully saturated rings. The van der Waals surface area contributed by atoms with Gasteiger partial charge in [0, 0.05) is 18.0 Å². The van der Waals surface area contributed by atoms with Crippen LogP contribution in [0.15, 0.2) is 0 Å². The molecule has 2 aliphatic carbocycles. The molecule has 0 radical (unpaired) electrons. The maximum Gasteiger partial charge on any atom is 0.223 e. The molecule has 2 saturated carbocycles. The molecule has 116 valence electrons. The van der Waals surface area contributed by atoms with Crippen LogP contribution < -0.4 is 11.1 Å². The average Bonchev–Trinajstić information content (AvgIpc) is 2.63. The van der Waals surface area contributed by atoms with Crippen molar-refractivity contribution in [3.05, 3.63) is 0 Å². The van der Waals surface area contributed by atoms with E-state index in [0.29, 0.717) is 23.9 Å².